The lowest BCUT2D eigenvalue weighted by Gasteiger charge is -2.46. The molecule has 6 nitrogen and oxygen atoms in total. The van der Waals surface area contributed by atoms with Crippen LogP contribution in [-0.4, -0.2) is 47.3 Å². The number of rotatable bonds is 4. The Kier molecular flexibility index (Phi) is 3.86. The van der Waals surface area contributed by atoms with Crippen LogP contribution < -0.4 is 4.90 Å². The Morgan fingerprint density at radius 1 is 0.966 bits per heavy atom. The standard InChI is InChI=1S/C23H24N4O2/c28-23(27-13-19(14-27)15-4-1-5-15)17-7-2-6-16(10-17)18-11-20-22(25-29-24-20)21(12-18)26-8-3-9-26/h2,6-7,10-12,15,19H,1,3-5,8-9,13-14H2. The maximum Gasteiger partial charge on any atom is 0.253 e. The second kappa shape index (κ2) is 6.58. The van der Waals surface area contributed by atoms with Crippen LogP contribution in [0, 0.1) is 11.8 Å². The third-order valence-electron chi connectivity index (χ3n) is 6.99. The third kappa shape index (κ3) is 2.81. The van der Waals surface area contributed by atoms with Crippen LogP contribution in [-0.2, 0) is 0 Å². The number of aromatic nitrogens is 2. The summed E-state index contributed by atoms with van der Waals surface area (Å²) < 4.78 is 4.99. The Morgan fingerprint density at radius 3 is 2.55 bits per heavy atom. The van der Waals surface area contributed by atoms with Crippen molar-refractivity contribution in [3.05, 3.63) is 42.0 Å². The molecule has 6 rings (SSSR count). The summed E-state index contributed by atoms with van der Waals surface area (Å²) in [5.41, 5.74) is 5.46. The predicted molar refractivity (Wildman–Crippen MR) is 111 cm³/mol. The van der Waals surface area contributed by atoms with E-state index in [1.165, 1.54) is 25.7 Å². The van der Waals surface area contributed by atoms with E-state index >= 15 is 0 Å². The zero-order chi connectivity index (χ0) is 19.4. The molecule has 0 spiro atoms. The molecule has 3 fully saturated rings. The van der Waals surface area contributed by atoms with Gasteiger partial charge < -0.3 is 9.80 Å². The molecule has 2 aliphatic heterocycles. The average Bonchev–Trinajstić information content (AvgIpc) is 3.09. The Hall–Kier alpha value is -2.89. The normalized spacial score (nSPS) is 19.7. The summed E-state index contributed by atoms with van der Waals surface area (Å²) in [5, 5.41) is 8.15. The molecule has 0 bridgehead atoms. The van der Waals surface area contributed by atoms with Crippen LogP contribution in [0.2, 0.25) is 0 Å². The van der Waals surface area contributed by atoms with Gasteiger partial charge in [0.2, 0.25) is 0 Å². The van der Waals surface area contributed by atoms with Crippen LogP contribution in [0.3, 0.4) is 0 Å². The molecule has 3 aliphatic rings. The van der Waals surface area contributed by atoms with Crippen molar-refractivity contribution in [2.45, 2.75) is 25.7 Å². The first-order valence-electron chi connectivity index (χ1n) is 10.7. The molecular formula is C23H24N4O2. The van der Waals surface area contributed by atoms with E-state index in [-0.39, 0.29) is 5.91 Å². The summed E-state index contributed by atoms with van der Waals surface area (Å²) in [5.74, 6) is 1.72. The van der Waals surface area contributed by atoms with E-state index in [2.05, 4.69) is 27.3 Å². The molecule has 148 valence electrons. The second-order valence-electron chi connectivity index (χ2n) is 8.71. The summed E-state index contributed by atoms with van der Waals surface area (Å²) in [6, 6.07) is 12.1. The maximum atomic E-state index is 13.0. The van der Waals surface area contributed by atoms with E-state index in [4.69, 9.17) is 4.63 Å². The number of likely N-dealkylation sites (tertiary alicyclic amines) is 1. The van der Waals surface area contributed by atoms with Crippen molar-refractivity contribution in [1.29, 1.82) is 0 Å². The van der Waals surface area contributed by atoms with Crippen molar-refractivity contribution in [2.75, 3.05) is 31.1 Å². The van der Waals surface area contributed by atoms with Crippen molar-refractivity contribution >= 4 is 22.6 Å². The predicted octanol–water partition coefficient (Wildman–Crippen LogP) is 3.97. The van der Waals surface area contributed by atoms with Crippen LogP contribution in [0.15, 0.2) is 41.0 Å². The number of nitrogens with zero attached hydrogens (tertiary/aromatic N) is 4. The summed E-state index contributed by atoms with van der Waals surface area (Å²) >= 11 is 0. The first-order chi connectivity index (χ1) is 14.3. The summed E-state index contributed by atoms with van der Waals surface area (Å²) in [6.45, 7) is 3.90. The molecule has 6 heteroatoms. The van der Waals surface area contributed by atoms with Crippen molar-refractivity contribution in [1.82, 2.24) is 15.2 Å². The van der Waals surface area contributed by atoms with Crippen molar-refractivity contribution in [3.63, 3.8) is 0 Å². The quantitative estimate of drug-likeness (QED) is 0.677. The molecule has 29 heavy (non-hydrogen) atoms. The molecular weight excluding hydrogens is 364 g/mol. The molecule has 2 saturated heterocycles. The van der Waals surface area contributed by atoms with E-state index in [1.807, 2.05) is 29.2 Å². The van der Waals surface area contributed by atoms with Crippen LogP contribution in [0.1, 0.15) is 36.0 Å². The number of anilines is 1. The molecule has 1 saturated carbocycles. The molecule has 0 radical (unpaired) electrons. The summed E-state index contributed by atoms with van der Waals surface area (Å²) in [7, 11) is 0. The highest BCUT2D eigenvalue weighted by molar-refractivity contribution is 5.97. The minimum Gasteiger partial charge on any atom is -0.369 e. The van der Waals surface area contributed by atoms with Gasteiger partial charge in [-0.3, -0.25) is 4.79 Å². The van der Waals surface area contributed by atoms with Gasteiger partial charge >= 0.3 is 0 Å². The number of carbonyl (C=O) groups excluding carboxylic acids is 1. The Morgan fingerprint density at radius 2 is 1.83 bits per heavy atom. The fourth-order valence-corrected chi connectivity index (χ4v) is 4.74. The molecule has 1 aliphatic carbocycles. The largest absolute Gasteiger partial charge is 0.369 e. The van der Waals surface area contributed by atoms with Gasteiger partial charge in [-0.25, -0.2) is 4.63 Å². The Balaban J connectivity index is 1.28. The number of carbonyl (C=O) groups is 1. The Bertz CT molecular complexity index is 1080. The first-order valence-corrected chi connectivity index (χ1v) is 10.7. The first kappa shape index (κ1) is 17.0. The fraction of sp³-hybridized carbons (Fsp3) is 0.435. The van der Waals surface area contributed by atoms with E-state index < -0.39 is 0 Å². The lowest BCUT2D eigenvalue weighted by Crippen LogP contribution is -2.53. The molecule has 1 amide bonds. The molecule has 0 N–H and O–H groups in total. The van der Waals surface area contributed by atoms with Gasteiger partial charge in [0.15, 0.2) is 5.52 Å². The lowest BCUT2D eigenvalue weighted by molar-refractivity contribution is 0.0221. The van der Waals surface area contributed by atoms with Gasteiger partial charge in [-0.05, 0) is 64.0 Å². The highest BCUT2D eigenvalue weighted by Crippen LogP contribution is 2.39. The Labute approximate surface area is 169 Å². The zero-order valence-corrected chi connectivity index (χ0v) is 16.4. The fourth-order valence-electron chi connectivity index (χ4n) is 4.74. The van der Waals surface area contributed by atoms with Gasteiger partial charge in [0.05, 0.1) is 5.69 Å². The summed E-state index contributed by atoms with van der Waals surface area (Å²) in [6.07, 6.45) is 5.25. The van der Waals surface area contributed by atoms with Crippen LogP contribution in [0.25, 0.3) is 22.2 Å². The van der Waals surface area contributed by atoms with E-state index in [0.29, 0.717) is 0 Å². The number of fused-ring (bicyclic) bond motifs is 1. The highest BCUT2D eigenvalue weighted by Gasteiger charge is 2.38. The van der Waals surface area contributed by atoms with E-state index in [1.54, 1.807) is 0 Å². The van der Waals surface area contributed by atoms with Gasteiger partial charge in [0.25, 0.3) is 5.91 Å². The minimum atomic E-state index is 0.148. The smallest absolute Gasteiger partial charge is 0.253 e. The van der Waals surface area contributed by atoms with Gasteiger partial charge in [-0.1, -0.05) is 31.4 Å². The number of benzene rings is 2. The molecule has 0 atom stereocenters. The second-order valence-corrected chi connectivity index (χ2v) is 8.71. The van der Waals surface area contributed by atoms with Gasteiger partial charge in [-0.2, -0.15) is 0 Å². The topological polar surface area (TPSA) is 62.5 Å². The minimum absolute atomic E-state index is 0.148. The molecule has 3 heterocycles. The number of amides is 1. The SMILES string of the molecule is O=C(c1cccc(-c2cc(N3CCC3)c3nonc3c2)c1)N1CC(C2CCC2)C1. The molecule has 2 aromatic carbocycles. The van der Waals surface area contributed by atoms with E-state index in [9.17, 15) is 4.79 Å². The van der Waals surface area contributed by atoms with Gasteiger partial charge in [0, 0.05) is 31.7 Å². The van der Waals surface area contributed by atoms with Crippen LogP contribution in [0.5, 0.6) is 0 Å². The molecule has 0 unspecified atom stereocenters. The number of hydrogen-bond acceptors (Lipinski definition) is 5. The average molecular weight is 388 g/mol. The zero-order valence-electron chi connectivity index (χ0n) is 16.4. The van der Waals surface area contributed by atoms with Crippen molar-refractivity contribution in [3.8, 4) is 11.1 Å². The van der Waals surface area contributed by atoms with Crippen LogP contribution >= 0.6 is 0 Å². The van der Waals surface area contributed by atoms with Crippen molar-refractivity contribution < 1.29 is 9.42 Å². The molecule has 3 aromatic rings. The van der Waals surface area contributed by atoms with Gasteiger partial charge in [0.1, 0.15) is 5.52 Å². The lowest BCUT2D eigenvalue weighted by atomic mass is 9.72. The summed E-state index contributed by atoms with van der Waals surface area (Å²) in [4.78, 5) is 17.3. The van der Waals surface area contributed by atoms with Crippen molar-refractivity contribution in [2.24, 2.45) is 11.8 Å². The maximum absolute atomic E-state index is 13.0. The molecule has 1 aromatic heterocycles. The third-order valence-corrected chi connectivity index (χ3v) is 6.99. The highest BCUT2D eigenvalue weighted by atomic mass is 16.6. The van der Waals surface area contributed by atoms with Crippen LogP contribution in [0.4, 0.5) is 5.69 Å². The number of hydrogen-bond donors (Lipinski definition) is 0. The van der Waals surface area contributed by atoms with E-state index in [0.717, 1.165) is 71.4 Å². The van der Waals surface area contributed by atoms with Gasteiger partial charge in [-0.15, -0.1) is 0 Å². The monoisotopic (exact) mass is 388 g/mol.